The lowest BCUT2D eigenvalue weighted by molar-refractivity contribution is -0.384. The molecule has 0 saturated heterocycles. The summed E-state index contributed by atoms with van der Waals surface area (Å²) in [6.45, 7) is 0.359. The zero-order chi connectivity index (χ0) is 23.7. The largest absolute Gasteiger partial charge is 0.342 e. The lowest BCUT2D eigenvalue weighted by Crippen LogP contribution is -2.06. The Hall–Kier alpha value is -4.28. The van der Waals surface area contributed by atoms with Crippen molar-refractivity contribution in [3.8, 4) is 0 Å². The number of aromatic nitrogens is 1. The number of nitro benzene ring substituents is 1. The number of hydrazone groups is 1. The summed E-state index contributed by atoms with van der Waals surface area (Å²) in [5.41, 5.74) is 2.63. The maximum atomic E-state index is 13.8. The fraction of sp³-hybridized carbons (Fsp3) is 0.0455. The summed E-state index contributed by atoms with van der Waals surface area (Å²) >= 11 is 0. The van der Waals surface area contributed by atoms with Gasteiger partial charge in [0.05, 0.1) is 11.1 Å². The van der Waals surface area contributed by atoms with Gasteiger partial charge in [0.15, 0.2) is 23.3 Å². The molecule has 4 aromatic rings. The molecule has 0 radical (unpaired) electrons. The minimum atomic E-state index is -2.26. The number of para-hydroxylation sites is 1. The summed E-state index contributed by atoms with van der Waals surface area (Å²) in [4.78, 5) is 10.3. The second-order valence-corrected chi connectivity index (χ2v) is 6.97. The van der Waals surface area contributed by atoms with E-state index in [1.807, 2.05) is 16.1 Å². The van der Waals surface area contributed by atoms with Gasteiger partial charge in [-0.2, -0.15) is 5.10 Å². The molecular formula is C22H13F5N4O2. The molecule has 168 valence electrons. The second-order valence-electron chi connectivity index (χ2n) is 6.97. The molecule has 0 aliphatic heterocycles. The summed E-state index contributed by atoms with van der Waals surface area (Å²) in [5, 5.41) is 15.2. The van der Waals surface area contributed by atoms with E-state index in [1.165, 1.54) is 18.3 Å². The minimum Gasteiger partial charge on any atom is -0.342 e. The Morgan fingerprint density at radius 3 is 2.15 bits per heavy atom. The summed E-state index contributed by atoms with van der Waals surface area (Å²) in [5.74, 6) is -10.5. The minimum absolute atomic E-state index is 0.0388. The van der Waals surface area contributed by atoms with E-state index in [0.717, 1.165) is 11.1 Å². The molecule has 4 rings (SSSR count). The van der Waals surface area contributed by atoms with Crippen LogP contribution in [0.1, 0.15) is 11.1 Å². The molecular weight excluding hydrogens is 447 g/mol. The van der Waals surface area contributed by atoms with Crippen molar-refractivity contribution in [2.45, 2.75) is 6.54 Å². The monoisotopic (exact) mass is 460 g/mol. The van der Waals surface area contributed by atoms with Crippen molar-refractivity contribution in [2.24, 2.45) is 5.10 Å². The molecule has 1 N–H and O–H groups in total. The van der Waals surface area contributed by atoms with Crippen LogP contribution in [0.4, 0.5) is 33.3 Å². The third-order valence-corrected chi connectivity index (χ3v) is 4.91. The van der Waals surface area contributed by atoms with Crippen molar-refractivity contribution in [1.29, 1.82) is 0 Å². The highest BCUT2D eigenvalue weighted by atomic mass is 19.2. The lowest BCUT2D eigenvalue weighted by Gasteiger charge is -2.06. The van der Waals surface area contributed by atoms with Crippen LogP contribution in [0.5, 0.6) is 0 Å². The molecule has 0 spiro atoms. The molecule has 0 amide bonds. The van der Waals surface area contributed by atoms with E-state index in [1.54, 1.807) is 36.5 Å². The number of nitrogens with zero attached hydrogens (tertiary/aromatic N) is 3. The first-order valence-corrected chi connectivity index (χ1v) is 9.39. The van der Waals surface area contributed by atoms with Crippen LogP contribution >= 0.6 is 0 Å². The number of nitro groups is 1. The standard InChI is InChI=1S/C22H13F5N4O2/c23-17-18(24)20(26)22(21(27)19(17)25)29-28-9-13-11-30(16-4-2-1-3-15(13)16)10-12-5-7-14(8-6-12)31(32)33/h1-9,11,29H,10H2. The predicted octanol–water partition coefficient (Wildman–Crippen LogP) is 5.74. The van der Waals surface area contributed by atoms with Crippen LogP contribution in [0, 0.1) is 39.2 Å². The summed E-state index contributed by atoms with van der Waals surface area (Å²) in [6, 6.07) is 13.1. The number of hydrogen-bond donors (Lipinski definition) is 1. The van der Waals surface area contributed by atoms with E-state index in [2.05, 4.69) is 5.10 Å². The molecule has 0 bridgehead atoms. The Kier molecular flexibility index (Phi) is 5.78. The highest BCUT2D eigenvalue weighted by Crippen LogP contribution is 2.27. The molecule has 0 fully saturated rings. The van der Waals surface area contributed by atoms with Crippen LogP contribution in [0.25, 0.3) is 10.9 Å². The van der Waals surface area contributed by atoms with E-state index in [-0.39, 0.29) is 5.69 Å². The van der Waals surface area contributed by atoms with Crippen LogP contribution in [0.15, 0.2) is 59.8 Å². The van der Waals surface area contributed by atoms with Gasteiger partial charge in [-0.05, 0) is 11.6 Å². The van der Waals surface area contributed by atoms with E-state index < -0.39 is 39.7 Å². The average molecular weight is 460 g/mol. The van der Waals surface area contributed by atoms with Gasteiger partial charge in [0.25, 0.3) is 5.69 Å². The molecule has 0 atom stereocenters. The highest BCUT2D eigenvalue weighted by molar-refractivity contribution is 5.99. The van der Waals surface area contributed by atoms with E-state index in [4.69, 9.17) is 0 Å². The fourth-order valence-corrected chi connectivity index (χ4v) is 3.30. The Morgan fingerprint density at radius 2 is 1.52 bits per heavy atom. The van der Waals surface area contributed by atoms with Crippen molar-refractivity contribution < 1.29 is 26.9 Å². The average Bonchev–Trinajstić information content (AvgIpc) is 3.16. The number of hydrogen-bond acceptors (Lipinski definition) is 4. The Labute approximate surface area is 182 Å². The van der Waals surface area contributed by atoms with Gasteiger partial charge in [0, 0.05) is 41.3 Å². The second kappa shape index (κ2) is 8.69. The summed E-state index contributed by atoms with van der Waals surface area (Å²) < 4.78 is 69.3. The molecule has 0 saturated carbocycles. The molecule has 0 unspecified atom stereocenters. The van der Waals surface area contributed by atoms with Gasteiger partial charge in [0.1, 0.15) is 5.69 Å². The normalized spacial score (nSPS) is 11.4. The molecule has 33 heavy (non-hydrogen) atoms. The SMILES string of the molecule is O=[N+]([O-])c1ccc(Cn2cc(C=NNc3c(F)c(F)c(F)c(F)c3F)c3ccccc32)cc1. The van der Waals surface area contributed by atoms with Crippen LogP contribution in [0.3, 0.4) is 0 Å². The van der Waals surface area contributed by atoms with E-state index >= 15 is 0 Å². The maximum Gasteiger partial charge on any atom is 0.269 e. The van der Waals surface area contributed by atoms with E-state index in [0.29, 0.717) is 17.5 Å². The third-order valence-electron chi connectivity index (χ3n) is 4.91. The summed E-state index contributed by atoms with van der Waals surface area (Å²) in [6.07, 6.45) is 2.86. The van der Waals surface area contributed by atoms with Crippen LogP contribution < -0.4 is 5.43 Å². The number of anilines is 1. The van der Waals surface area contributed by atoms with E-state index in [9.17, 15) is 32.1 Å². The van der Waals surface area contributed by atoms with Crippen molar-refractivity contribution >= 4 is 28.5 Å². The zero-order valence-electron chi connectivity index (χ0n) is 16.5. The Bertz CT molecular complexity index is 1370. The molecule has 11 heteroatoms. The maximum absolute atomic E-state index is 13.8. The van der Waals surface area contributed by atoms with Gasteiger partial charge in [-0.15, -0.1) is 0 Å². The third kappa shape index (κ3) is 4.12. The van der Waals surface area contributed by atoms with Crippen molar-refractivity contribution in [1.82, 2.24) is 4.57 Å². The number of nitrogens with one attached hydrogen (secondary N) is 1. The lowest BCUT2D eigenvalue weighted by atomic mass is 10.2. The fourth-order valence-electron chi connectivity index (χ4n) is 3.30. The van der Waals surface area contributed by atoms with Gasteiger partial charge < -0.3 is 4.57 Å². The molecule has 0 aliphatic carbocycles. The Morgan fingerprint density at radius 1 is 0.909 bits per heavy atom. The number of non-ortho nitro benzene ring substituents is 1. The number of fused-ring (bicyclic) bond motifs is 1. The van der Waals surface area contributed by atoms with Gasteiger partial charge >= 0.3 is 0 Å². The molecule has 1 heterocycles. The van der Waals surface area contributed by atoms with Crippen molar-refractivity contribution in [2.75, 3.05) is 5.43 Å². The topological polar surface area (TPSA) is 72.5 Å². The first kappa shape index (κ1) is 21.9. The van der Waals surface area contributed by atoms with Crippen molar-refractivity contribution in [3.63, 3.8) is 0 Å². The number of benzene rings is 3. The molecule has 3 aromatic carbocycles. The zero-order valence-corrected chi connectivity index (χ0v) is 16.5. The quantitative estimate of drug-likeness (QED) is 0.0996. The van der Waals surface area contributed by atoms with Gasteiger partial charge in [-0.25, -0.2) is 22.0 Å². The molecule has 1 aromatic heterocycles. The highest BCUT2D eigenvalue weighted by Gasteiger charge is 2.25. The Balaban J connectivity index is 1.63. The summed E-state index contributed by atoms with van der Waals surface area (Å²) in [7, 11) is 0. The van der Waals surface area contributed by atoms with Crippen molar-refractivity contribution in [3.05, 3.63) is 105 Å². The van der Waals surface area contributed by atoms with Gasteiger partial charge in [-0.1, -0.05) is 30.3 Å². The first-order valence-electron chi connectivity index (χ1n) is 9.39. The van der Waals surface area contributed by atoms with Gasteiger partial charge in [-0.3, -0.25) is 15.5 Å². The van der Waals surface area contributed by atoms with Crippen LogP contribution in [-0.4, -0.2) is 15.7 Å². The smallest absolute Gasteiger partial charge is 0.269 e. The van der Waals surface area contributed by atoms with Crippen LogP contribution in [-0.2, 0) is 6.54 Å². The number of halogens is 5. The molecule has 0 aliphatic rings. The number of rotatable bonds is 6. The van der Waals surface area contributed by atoms with Crippen LogP contribution in [0.2, 0.25) is 0 Å². The molecule has 6 nitrogen and oxygen atoms in total. The first-order chi connectivity index (χ1) is 15.8. The van der Waals surface area contributed by atoms with Gasteiger partial charge in [0.2, 0.25) is 5.82 Å². The predicted molar refractivity (Wildman–Crippen MR) is 112 cm³/mol.